The highest BCUT2D eigenvalue weighted by atomic mass is 16.2. The molecule has 30 heavy (non-hydrogen) atoms. The lowest BCUT2D eigenvalue weighted by molar-refractivity contribution is -0.116. The van der Waals surface area contributed by atoms with E-state index in [1.807, 2.05) is 34.8 Å². The Bertz CT molecular complexity index is 1030. The van der Waals surface area contributed by atoms with Crippen LogP contribution in [0.25, 0.3) is 0 Å². The predicted molar refractivity (Wildman–Crippen MR) is 116 cm³/mol. The number of fused-ring (bicyclic) bond motifs is 1. The van der Waals surface area contributed by atoms with E-state index in [2.05, 4.69) is 27.3 Å². The van der Waals surface area contributed by atoms with E-state index < -0.39 is 0 Å². The minimum Gasteiger partial charge on any atom is -0.373 e. The molecule has 0 radical (unpaired) electrons. The minimum absolute atomic E-state index is 0.0328. The van der Waals surface area contributed by atoms with Crippen LogP contribution in [0, 0.1) is 0 Å². The molecule has 1 N–H and O–H groups in total. The van der Waals surface area contributed by atoms with Gasteiger partial charge >= 0.3 is 0 Å². The third-order valence-electron chi connectivity index (χ3n) is 5.31. The maximum Gasteiger partial charge on any atom is 0.254 e. The summed E-state index contributed by atoms with van der Waals surface area (Å²) in [5.41, 5.74) is 3.50. The molecule has 7 heteroatoms. The fourth-order valence-corrected chi connectivity index (χ4v) is 3.65. The third kappa shape index (κ3) is 4.51. The van der Waals surface area contributed by atoms with E-state index in [9.17, 15) is 9.59 Å². The van der Waals surface area contributed by atoms with Crippen molar-refractivity contribution in [2.24, 2.45) is 0 Å². The molecule has 2 aromatic carbocycles. The molecule has 0 saturated heterocycles. The van der Waals surface area contributed by atoms with Crippen molar-refractivity contribution in [1.82, 2.24) is 14.5 Å². The maximum absolute atomic E-state index is 13.2. The summed E-state index contributed by atoms with van der Waals surface area (Å²) >= 11 is 0. The molecule has 154 valence electrons. The van der Waals surface area contributed by atoms with Gasteiger partial charge in [0.25, 0.3) is 5.91 Å². The number of aryl methyl sites for hydroxylation is 1. The van der Waals surface area contributed by atoms with Gasteiger partial charge in [-0.1, -0.05) is 24.3 Å². The maximum atomic E-state index is 13.2. The highest BCUT2D eigenvalue weighted by molar-refractivity contribution is 5.97. The normalized spacial score (nSPS) is 13.5. The number of rotatable bonds is 5. The van der Waals surface area contributed by atoms with E-state index in [4.69, 9.17) is 0 Å². The fraction of sp³-hybridized carbons (Fsp3) is 0.261. The third-order valence-corrected chi connectivity index (χ3v) is 5.31. The van der Waals surface area contributed by atoms with Crippen LogP contribution in [-0.2, 0) is 17.9 Å². The van der Waals surface area contributed by atoms with Gasteiger partial charge in [0.1, 0.15) is 0 Å². The van der Waals surface area contributed by atoms with Crippen molar-refractivity contribution in [2.45, 2.75) is 19.5 Å². The molecule has 7 nitrogen and oxygen atoms in total. The topological polar surface area (TPSA) is 70.5 Å². The molecule has 0 saturated carbocycles. The second kappa shape index (κ2) is 8.82. The average molecular weight is 403 g/mol. The fourth-order valence-electron chi connectivity index (χ4n) is 3.65. The monoisotopic (exact) mass is 403 g/mol. The van der Waals surface area contributed by atoms with Crippen molar-refractivity contribution in [1.29, 1.82) is 0 Å². The van der Waals surface area contributed by atoms with Crippen molar-refractivity contribution >= 4 is 23.2 Å². The second-order valence-corrected chi connectivity index (χ2v) is 7.46. The van der Waals surface area contributed by atoms with Gasteiger partial charge in [0, 0.05) is 69.0 Å². The summed E-state index contributed by atoms with van der Waals surface area (Å²) in [6.07, 6.45) is 5.53. The number of anilines is 2. The zero-order valence-corrected chi connectivity index (χ0v) is 17.0. The molecule has 0 fully saturated rings. The molecule has 1 aliphatic rings. The summed E-state index contributed by atoms with van der Waals surface area (Å²) in [4.78, 5) is 33.5. The Labute approximate surface area is 175 Å². The van der Waals surface area contributed by atoms with Gasteiger partial charge in [-0.3, -0.25) is 9.59 Å². The van der Waals surface area contributed by atoms with Crippen molar-refractivity contribution in [3.8, 4) is 0 Å². The molecule has 3 aromatic rings. The average Bonchev–Trinajstić information content (AvgIpc) is 3.22. The van der Waals surface area contributed by atoms with Gasteiger partial charge in [0.15, 0.2) is 0 Å². The van der Waals surface area contributed by atoms with E-state index in [0.29, 0.717) is 37.3 Å². The summed E-state index contributed by atoms with van der Waals surface area (Å²) in [7, 11) is 2.05. The van der Waals surface area contributed by atoms with Crippen LogP contribution in [-0.4, -0.2) is 46.4 Å². The number of amides is 2. The number of imidazole rings is 1. The van der Waals surface area contributed by atoms with E-state index in [0.717, 1.165) is 17.8 Å². The van der Waals surface area contributed by atoms with Crippen LogP contribution in [0.1, 0.15) is 22.3 Å². The molecule has 2 amide bonds. The van der Waals surface area contributed by atoms with Crippen molar-refractivity contribution < 1.29 is 9.59 Å². The molecule has 4 rings (SSSR count). The van der Waals surface area contributed by atoms with Crippen LogP contribution in [0.2, 0.25) is 0 Å². The summed E-state index contributed by atoms with van der Waals surface area (Å²) in [6, 6.07) is 15.3. The molecule has 1 aromatic heterocycles. The quantitative estimate of drug-likeness (QED) is 0.711. The van der Waals surface area contributed by atoms with Crippen LogP contribution in [0.4, 0.5) is 11.4 Å². The zero-order chi connectivity index (χ0) is 20.9. The van der Waals surface area contributed by atoms with E-state index in [1.165, 1.54) is 0 Å². The smallest absolute Gasteiger partial charge is 0.254 e. The van der Waals surface area contributed by atoms with Crippen LogP contribution in [0.3, 0.4) is 0 Å². The Kier molecular flexibility index (Phi) is 5.79. The first-order valence-electron chi connectivity index (χ1n) is 10.0. The summed E-state index contributed by atoms with van der Waals surface area (Å²) < 4.78 is 1.85. The first kappa shape index (κ1) is 19.7. The molecule has 1 aliphatic heterocycles. The number of benzene rings is 2. The van der Waals surface area contributed by atoms with Crippen LogP contribution in [0.15, 0.2) is 67.3 Å². The molecule has 0 bridgehead atoms. The van der Waals surface area contributed by atoms with Crippen molar-refractivity contribution in [3.63, 3.8) is 0 Å². The lowest BCUT2D eigenvalue weighted by Gasteiger charge is -2.21. The highest BCUT2D eigenvalue weighted by Crippen LogP contribution is 2.25. The summed E-state index contributed by atoms with van der Waals surface area (Å²) in [5, 5.41) is 2.89. The minimum atomic E-state index is -0.0985. The Balaban J connectivity index is 1.43. The largest absolute Gasteiger partial charge is 0.373 e. The van der Waals surface area contributed by atoms with E-state index in [1.54, 1.807) is 36.8 Å². The molecule has 2 heterocycles. The summed E-state index contributed by atoms with van der Waals surface area (Å²) in [6.45, 7) is 2.55. The van der Waals surface area contributed by atoms with Gasteiger partial charge in [0.2, 0.25) is 5.91 Å². The lowest BCUT2D eigenvalue weighted by atomic mass is 10.1. The van der Waals surface area contributed by atoms with Crippen LogP contribution >= 0.6 is 0 Å². The zero-order valence-electron chi connectivity index (χ0n) is 17.0. The van der Waals surface area contributed by atoms with Crippen LogP contribution < -0.4 is 10.2 Å². The molecule has 0 unspecified atom stereocenters. The highest BCUT2D eigenvalue weighted by Gasteiger charge is 2.22. The number of hydrogen-bond acceptors (Lipinski definition) is 4. The number of para-hydroxylation sites is 1. The number of likely N-dealkylation sites (N-methyl/N-ethyl adjacent to an activating group) is 1. The van der Waals surface area contributed by atoms with Gasteiger partial charge in [0.05, 0.1) is 6.33 Å². The Morgan fingerprint density at radius 2 is 1.97 bits per heavy atom. The molecule has 0 spiro atoms. The molecule has 0 aliphatic carbocycles. The number of nitrogens with zero attached hydrogens (tertiary/aromatic N) is 4. The SMILES string of the molecule is CN1CCN(C(=O)c2cccc(NC(=O)CCn3ccnc3)c2)Cc2ccccc21. The summed E-state index contributed by atoms with van der Waals surface area (Å²) in [5.74, 6) is -0.131. The number of carbonyl (C=O) groups is 2. The van der Waals surface area contributed by atoms with Crippen molar-refractivity contribution in [3.05, 3.63) is 78.4 Å². The number of aromatic nitrogens is 2. The Hall–Kier alpha value is -3.61. The van der Waals surface area contributed by atoms with E-state index in [-0.39, 0.29) is 11.8 Å². The molecular weight excluding hydrogens is 378 g/mol. The van der Waals surface area contributed by atoms with Gasteiger partial charge < -0.3 is 19.7 Å². The van der Waals surface area contributed by atoms with Crippen LogP contribution in [0.5, 0.6) is 0 Å². The van der Waals surface area contributed by atoms with E-state index >= 15 is 0 Å². The molecule has 0 atom stereocenters. The Morgan fingerprint density at radius 1 is 1.10 bits per heavy atom. The van der Waals surface area contributed by atoms with Gasteiger partial charge in [-0.2, -0.15) is 0 Å². The Morgan fingerprint density at radius 3 is 2.80 bits per heavy atom. The van der Waals surface area contributed by atoms with Gasteiger partial charge in [-0.05, 0) is 29.8 Å². The molecular formula is C23H25N5O2. The number of hydrogen-bond donors (Lipinski definition) is 1. The first-order chi connectivity index (χ1) is 14.6. The van der Waals surface area contributed by atoms with Gasteiger partial charge in [-0.25, -0.2) is 4.98 Å². The number of carbonyl (C=O) groups excluding carboxylic acids is 2. The standard InChI is InChI=1S/C23H25N5O2/c1-26-13-14-28(16-19-5-2-3-8-21(19)26)23(30)18-6-4-7-20(15-18)25-22(29)9-11-27-12-10-24-17-27/h2-8,10,12,15,17H,9,11,13-14,16H2,1H3,(H,25,29). The second-order valence-electron chi connectivity index (χ2n) is 7.46. The first-order valence-corrected chi connectivity index (χ1v) is 10.0. The number of nitrogens with one attached hydrogen (secondary N) is 1. The van der Waals surface area contributed by atoms with Crippen molar-refractivity contribution in [2.75, 3.05) is 30.4 Å². The predicted octanol–water partition coefficient (Wildman–Crippen LogP) is 3.00. The van der Waals surface area contributed by atoms with Gasteiger partial charge in [-0.15, -0.1) is 0 Å². The lowest BCUT2D eigenvalue weighted by Crippen LogP contribution is -2.34.